The Morgan fingerprint density at radius 2 is 1.91 bits per heavy atom. The van der Waals surface area contributed by atoms with Gasteiger partial charge in [-0.25, -0.2) is 5.10 Å². The summed E-state index contributed by atoms with van der Waals surface area (Å²) >= 11 is 0. The SMILES string of the molecule is Cn1cc(-c2cc(-c3nn[nH]c3C#N)cc(C(F)(F)F)c2)cn1. The van der Waals surface area contributed by atoms with Gasteiger partial charge in [0, 0.05) is 24.4 Å². The molecule has 0 aliphatic rings. The van der Waals surface area contributed by atoms with E-state index in [1.807, 2.05) is 6.07 Å². The zero-order chi connectivity index (χ0) is 16.6. The predicted molar refractivity (Wildman–Crippen MR) is 73.7 cm³/mol. The summed E-state index contributed by atoms with van der Waals surface area (Å²) < 4.78 is 41.0. The van der Waals surface area contributed by atoms with E-state index in [2.05, 4.69) is 20.5 Å². The number of alkyl halides is 3. The molecule has 0 amide bonds. The van der Waals surface area contributed by atoms with E-state index in [-0.39, 0.29) is 17.0 Å². The van der Waals surface area contributed by atoms with Gasteiger partial charge >= 0.3 is 6.18 Å². The Labute approximate surface area is 128 Å². The molecule has 0 radical (unpaired) electrons. The summed E-state index contributed by atoms with van der Waals surface area (Å²) in [6.45, 7) is 0. The zero-order valence-corrected chi connectivity index (χ0v) is 11.8. The van der Waals surface area contributed by atoms with Crippen molar-refractivity contribution in [1.29, 1.82) is 5.26 Å². The molecule has 116 valence electrons. The molecule has 0 fully saturated rings. The van der Waals surface area contributed by atoms with Crippen molar-refractivity contribution >= 4 is 0 Å². The van der Waals surface area contributed by atoms with Gasteiger partial charge < -0.3 is 0 Å². The number of nitrogens with zero attached hydrogens (tertiary/aromatic N) is 5. The highest BCUT2D eigenvalue weighted by molar-refractivity contribution is 5.74. The fourth-order valence-electron chi connectivity index (χ4n) is 2.17. The van der Waals surface area contributed by atoms with Crippen molar-refractivity contribution in [3.63, 3.8) is 0 Å². The number of aromatic amines is 1. The van der Waals surface area contributed by atoms with Crippen LogP contribution in [0.4, 0.5) is 13.2 Å². The largest absolute Gasteiger partial charge is 0.416 e. The summed E-state index contributed by atoms with van der Waals surface area (Å²) in [5, 5.41) is 22.5. The Morgan fingerprint density at radius 3 is 2.52 bits per heavy atom. The van der Waals surface area contributed by atoms with E-state index in [9.17, 15) is 13.2 Å². The Balaban J connectivity index is 2.22. The summed E-state index contributed by atoms with van der Waals surface area (Å²) in [7, 11) is 1.67. The summed E-state index contributed by atoms with van der Waals surface area (Å²) in [4.78, 5) is 0. The van der Waals surface area contributed by atoms with Gasteiger partial charge in [0.1, 0.15) is 11.8 Å². The van der Waals surface area contributed by atoms with Crippen LogP contribution in [0, 0.1) is 11.3 Å². The Hall–Kier alpha value is -3.15. The second-order valence-corrected chi connectivity index (χ2v) is 4.85. The lowest BCUT2D eigenvalue weighted by molar-refractivity contribution is -0.137. The molecule has 9 heteroatoms. The summed E-state index contributed by atoms with van der Waals surface area (Å²) in [6.07, 6.45) is -1.45. The Morgan fingerprint density at radius 1 is 1.17 bits per heavy atom. The normalized spacial score (nSPS) is 11.4. The number of nitrogens with one attached hydrogen (secondary N) is 1. The highest BCUT2D eigenvalue weighted by atomic mass is 19.4. The fourth-order valence-corrected chi connectivity index (χ4v) is 2.17. The third-order valence-electron chi connectivity index (χ3n) is 3.23. The number of benzene rings is 1. The van der Waals surface area contributed by atoms with E-state index in [1.165, 1.54) is 16.9 Å². The molecule has 0 bridgehead atoms. The van der Waals surface area contributed by atoms with Crippen molar-refractivity contribution in [2.75, 3.05) is 0 Å². The van der Waals surface area contributed by atoms with Crippen LogP contribution in [0.5, 0.6) is 0 Å². The number of rotatable bonds is 2. The first-order valence-corrected chi connectivity index (χ1v) is 6.41. The van der Waals surface area contributed by atoms with E-state index in [0.29, 0.717) is 11.1 Å². The summed E-state index contributed by atoms with van der Waals surface area (Å²) in [6, 6.07) is 5.31. The van der Waals surface area contributed by atoms with Crippen LogP contribution in [0.3, 0.4) is 0 Å². The Kier molecular flexibility index (Phi) is 3.37. The van der Waals surface area contributed by atoms with E-state index in [4.69, 9.17) is 5.26 Å². The van der Waals surface area contributed by atoms with Gasteiger partial charge in [0.15, 0.2) is 5.69 Å². The van der Waals surface area contributed by atoms with E-state index in [0.717, 1.165) is 12.1 Å². The van der Waals surface area contributed by atoms with Crippen LogP contribution >= 0.6 is 0 Å². The third kappa shape index (κ3) is 2.78. The first-order valence-electron chi connectivity index (χ1n) is 6.41. The summed E-state index contributed by atoms with van der Waals surface area (Å²) in [5.74, 6) is 0. The fraction of sp³-hybridized carbons (Fsp3) is 0.143. The van der Waals surface area contributed by atoms with Gasteiger partial charge in [-0.2, -0.15) is 23.5 Å². The minimum atomic E-state index is -4.52. The number of hydrogen-bond donors (Lipinski definition) is 1. The van der Waals surface area contributed by atoms with Gasteiger partial charge in [-0.05, 0) is 23.8 Å². The van der Waals surface area contributed by atoms with Crippen molar-refractivity contribution in [3.05, 3.63) is 41.9 Å². The molecule has 6 nitrogen and oxygen atoms in total. The van der Waals surface area contributed by atoms with Crippen LogP contribution in [-0.4, -0.2) is 25.2 Å². The van der Waals surface area contributed by atoms with Gasteiger partial charge in [-0.15, -0.1) is 5.10 Å². The minimum Gasteiger partial charge on any atom is -0.275 e. The number of hydrogen-bond acceptors (Lipinski definition) is 4. The van der Waals surface area contributed by atoms with Crippen molar-refractivity contribution < 1.29 is 13.2 Å². The number of halogens is 3. The average Bonchev–Trinajstić information content (AvgIpc) is 3.14. The lowest BCUT2D eigenvalue weighted by Gasteiger charge is -2.10. The van der Waals surface area contributed by atoms with Crippen LogP contribution in [0.25, 0.3) is 22.4 Å². The van der Waals surface area contributed by atoms with Crippen LogP contribution in [-0.2, 0) is 13.2 Å². The monoisotopic (exact) mass is 318 g/mol. The minimum absolute atomic E-state index is 0.00135. The maximum atomic E-state index is 13.2. The molecule has 0 saturated heterocycles. The predicted octanol–water partition coefficient (Wildman–Crippen LogP) is 2.76. The van der Waals surface area contributed by atoms with Crippen LogP contribution in [0.1, 0.15) is 11.3 Å². The first kappa shape index (κ1) is 14.8. The maximum absolute atomic E-state index is 13.2. The van der Waals surface area contributed by atoms with Gasteiger partial charge in [-0.1, -0.05) is 5.21 Å². The quantitative estimate of drug-likeness (QED) is 0.787. The molecule has 0 unspecified atom stereocenters. The molecule has 0 atom stereocenters. The molecule has 23 heavy (non-hydrogen) atoms. The Bertz CT molecular complexity index is 900. The lowest BCUT2D eigenvalue weighted by Crippen LogP contribution is -2.05. The highest BCUT2D eigenvalue weighted by Gasteiger charge is 2.32. The first-order chi connectivity index (χ1) is 10.9. The smallest absolute Gasteiger partial charge is 0.275 e. The van der Waals surface area contributed by atoms with Crippen LogP contribution in [0.2, 0.25) is 0 Å². The average molecular weight is 318 g/mol. The molecule has 3 rings (SSSR count). The topological polar surface area (TPSA) is 83.2 Å². The maximum Gasteiger partial charge on any atom is 0.416 e. The number of H-pyrrole nitrogens is 1. The third-order valence-corrected chi connectivity index (χ3v) is 3.23. The molecule has 2 heterocycles. The molecular formula is C14H9F3N6. The van der Waals surface area contributed by atoms with Gasteiger partial charge in [-0.3, -0.25) is 4.68 Å². The molecule has 1 aromatic carbocycles. The zero-order valence-electron chi connectivity index (χ0n) is 11.8. The van der Waals surface area contributed by atoms with Gasteiger partial charge in [0.25, 0.3) is 0 Å². The van der Waals surface area contributed by atoms with Crippen molar-refractivity contribution in [3.8, 4) is 28.5 Å². The molecule has 0 spiro atoms. The number of aryl methyl sites for hydroxylation is 1. The van der Waals surface area contributed by atoms with E-state index in [1.54, 1.807) is 13.2 Å². The van der Waals surface area contributed by atoms with E-state index < -0.39 is 11.7 Å². The van der Waals surface area contributed by atoms with Crippen LogP contribution in [0.15, 0.2) is 30.6 Å². The molecule has 0 saturated carbocycles. The standard InChI is InChI=1S/C14H9F3N6/c1-23-7-10(6-19-23)8-2-9(4-11(3-8)14(15,16)17)13-12(5-18)20-22-21-13/h2-4,6-7H,1H3,(H,20,21,22). The molecule has 0 aliphatic carbocycles. The molecule has 0 aliphatic heterocycles. The molecule has 2 aromatic heterocycles. The molecule has 3 aromatic rings. The van der Waals surface area contributed by atoms with Crippen LogP contribution < -0.4 is 0 Å². The summed E-state index contributed by atoms with van der Waals surface area (Å²) in [5.41, 5.74) is 0.256. The van der Waals surface area contributed by atoms with Crippen molar-refractivity contribution in [2.24, 2.45) is 7.05 Å². The van der Waals surface area contributed by atoms with Gasteiger partial charge in [0.05, 0.1) is 11.8 Å². The van der Waals surface area contributed by atoms with E-state index >= 15 is 0 Å². The number of nitriles is 1. The second-order valence-electron chi connectivity index (χ2n) is 4.85. The second kappa shape index (κ2) is 5.24. The van der Waals surface area contributed by atoms with Gasteiger partial charge in [0.2, 0.25) is 0 Å². The molecule has 1 N–H and O–H groups in total. The van der Waals surface area contributed by atoms with Crippen molar-refractivity contribution in [2.45, 2.75) is 6.18 Å². The lowest BCUT2D eigenvalue weighted by atomic mass is 9.99. The highest BCUT2D eigenvalue weighted by Crippen LogP contribution is 2.36. The molecular weight excluding hydrogens is 309 g/mol. The number of aromatic nitrogens is 5. The van der Waals surface area contributed by atoms with Crippen molar-refractivity contribution in [1.82, 2.24) is 25.2 Å².